The van der Waals surface area contributed by atoms with E-state index >= 15 is 0 Å². The van der Waals surface area contributed by atoms with Gasteiger partial charge in [-0.05, 0) is 51.5 Å². The molecule has 1 aromatic carbocycles. The average molecular weight is 359 g/mol. The second-order valence-electron chi connectivity index (χ2n) is 7.21. The Morgan fingerprint density at radius 3 is 2.56 bits per heavy atom. The predicted octanol–water partition coefficient (Wildman–Crippen LogP) is 3.20. The van der Waals surface area contributed by atoms with E-state index in [1.54, 1.807) is 41.0 Å². The van der Waals surface area contributed by atoms with Gasteiger partial charge in [-0.25, -0.2) is 0 Å². The van der Waals surface area contributed by atoms with Crippen LogP contribution in [0.25, 0.3) is 0 Å². The fourth-order valence-electron chi connectivity index (χ4n) is 3.15. The Morgan fingerprint density at radius 2 is 1.92 bits per heavy atom. The van der Waals surface area contributed by atoms with Crippen LogP contribution in [-0.4, -0.2) is 30.4 Å². The molecule has 0 amide bonds. The third-order valence-corrected chi connectivity index (χ3v) is 6.20. The molecule has 2 atom stereocenters. The smallest absolute Gasteiger partial charge is 0.312 e. The van der Waals surface area contributed by atoms with Crippen molar-refractivity contribution in [2.24, 2.45) is 0 Å². The highest BCUT2D eigenvalue weighted by atomic mass is 32.2. The molecule has 0 saturated carbocycles. The second kappa shape index (κ2) is 6.26. The molecule has 1 aliphatic heterocycles. The van der Waals surface area contributed by atoms with Crippen LogP contribution in [0.2, 0.25) is 0 Å². The van der Waals surface area contributed by atoms with Gasteiger partial charge >= 0.3 is 5.97 Å². The highest BCUT2D eigenvalue weighted by Crippen LogP contribution is 2.31. The number of carbonyl (C=O) groups excluding carboxylic acids is 1. The van der Waals surface area contributed by atoms with Gasteiger partial charge in [-0.3, -0.25) is 13.8 Å². The maximum atomic E-state index is 12.9. The molecule has 1 aliphatic rings. The van der Waals surface area contributed by atoms with Crippen LogP contribution in [0.15, 0.2) is 41.3 Å². The van der Waals surface area contributed by atoms with Crippen LogP contribution in [0.5, 0.6) is 0 Å². The van der Waals surface area contributed by atoms with Gasteiger partial charge in [-0.2, -0.15) is 0 Å². The molecule has 1 aromatic heterocycles. The first-order chi connectivity index (χ1) is 11.7. The van der Waals surface area contributed by atoms with Crippen LogP contribution >= 0.6 is 0 Å². The van der Waals surface area contributed by atoms with Crippen LogP contribution in [0.4, 0.5) is 0 Å². The maximum absolute atomic E-state index is 12.9. The summed E-state index contributed by atoms with van der Waals surface area (Å²) in [4.78, 5) is 24.8. The van der Waals surface area contributed by atoms with E-state index in [-0.39, 0.29) is 5.78 Å². The van der Waals surface area contributed by atoms with Crippen molar-refractivity contribution in [3.63, 3.8) is 0 Å². The van der Waals surface area contributed by atoms with E-state index in [9.17, 15) is 18.9 Å². The quantitative estimate of drug-likeness (QED) is 0.851. The van der Waals surface area contributed by atoms with E-state index < -0.39 is 27.4 Å². The molecule has 1 N–H and O–H groups in total. The topological polar surface area (TPSA) is 76.4 Å². The highest BCUT2D eigenvalue weighted by Gasteiger charge is 2.32. The fraction of sp³-hybridized carbons (Fsp3) is 0.368. The molecule has 0 saturated heterocycles. The molecule has 2 heterocycles. The summed E-state index contributed by atoms with van der Waals surface area (Å²) >= 11 is 0. The lowest BCUT2D eigenvalue weighted by molar-refractivity contribution is -0.138. The molecule has 0 spiro atoms. The molecule has 0 bridgehead atoms. The Morgan fingerprint density at radius 1 is 1.20 bits per heavy atom. The van der Waals surface area contributed by atoms with Crippen molar-refractivity contribution in [1.82, 2.24) is 4.57 Å². The van der Waals surface area contributed by atoms with Crippen molar-refractivity contribution in [2.45, 2.75) is 49.3 Å². The van der Waals surface area contributed by atoms with Crippen molar-refractivity contribution in [1.29, 1.82) is 0 Å². The van der Waals surface area contributed by atoms with E-state index in [0.717, 1.165) is 0 Å². The number of nitrogens with zero attached hydrogens (tertiary/aromatic N) is 1. The standard InChI is InChI=1S/C19H21NO4S/c1-19(2,3)25(24)13-6-4-5-12(11-13)17(21)16-8-7-15-14(18(22)23)9-10-20(15)16/h4-8,11,14H,9-10H2,1-3H3,(H,22,23). The van der Waals surface area contributed by atoms with Gasteiger partial charge in [-0.15, -0.1) is 0 Å². The first-order valence-corrected chi connectivity index (χ1v) is 9.34. The highest BCUT2D eigenvalue weighted by molar-refractivity contribution is 7.86. The van der Waals surface area contributed by atoms with Crippen LogP contribution in [-0.2, 0) is 22.1 Å². The summed E-state index contributed by atoms with van der Waals surface area (Å²) in [6.45, 7) is 6.20. The molecule has 25 heavy (non-hydrogen) atoms. The van der Waals surface area contributed by atoms with Crippen molar-refractivity contribution in [3.05, 3.63) is 53.3 Å². The van der Waals surface area contributed by atoms with E-state index in [0.29, 0.717) is 34.8 Å². The summed E-state index contributed by atoms with van der Waals surface area (Å²) in [5, 5.41) is 9.27. The van der Waals surface area contributed by atoms with E-state index in [1.807, 2.05) is 20.8 Å². The monoisotopic (exact) mass is 359 g/mol. The molecular formula is C19H21NO4S. The van der Waals surface area contributed by atoms with Gasteiger partial charge in [-0.1, -0.05) is 12.1 Å². The zero-order chi connectivity index (χ0) is 18.4. The Balaban J connectivity index is 1.95. The number of carboxylic acids is 1. The predicted molar refractivity (Wildman–Crippen MR) is 95.5 cm³/mol. The van der Waals surface area contributed by atoms with Crippen molar-refractivity contribution >= 4 is 22.6 Å². The van der Waals surface area contributed by atoms with Gasteiger partial charge in [0.25, 0.3) is 0 Å². The summed E-state index contributed by atoms with van der Waals surface area (Å²) in [6.07, 6.45) is 0.500. The number of aliphatic carboxylic acids is 1. The summed E-state index contributed by atoms with van der Waals surface area (Å²) < 4.78 is 13.9. The lowest BCUT2D eigenvalue weighted by Crippen LogP contribution is -2.22. The van der Waals surface area contributed by atoms with Gasteiger partial charge in [0.2, 0.25) is 5.78 Å². The molecule has 0 radical (unpaired) electrons. The van der Waals surface area contributed by atoms with E-state index in [2.05, 4.69) is 0 Å². The number of hydrogen-bond acceptors (Lipinski definition) is 3. The number of aromatic nitrogens is 1. The van der Waals surface area contributed by atoms with Crippen LogP contribution in [0, 0.1) is 0 Å². The van der Waals surface area contributed by atoms with Gasteiger partial charge in [0.1, 0.15) is 0 Å². The first kappa shape index (κ1) is 17.6. The summed E-state index contributed by atoms with van der Waals surface area (Å²) in [5.41, 5.74) is 1.62. The number of ketones is 1. The Bertz CT molecular complexity index is 876. The largest absolute Gasteiger partial charge is 0.481 e. The molecular weight excluding hydrogens is 338 g/mol. The molecule has 2 aromatic rings. The van der Waals surface area contributed by atoms with E-state index in [4.69, 9.17) is 0 Å². The van der Waals surface area contributed by atoms with Crippen molar-refractivity contribution in [3.8, 4) is 0 Å². The first-order valence-electron chi connectivity index (χ1n) is 8.19. The number of benzene rings is 1. The van der Waals surface area contributed by atoms with E-state index in [1.165, 1.54) is 0 Å². The zero-order valence-electron chi connectivity index (χ0n) is 14.5. The molecule has 0 fully saturated rings. The normalized spacial score (nSPS) is 18.0. The number of carboxylic acid groups (broad SMARTS) is 1. The summed E-state index contributed by atoms with van der Waals surface area (Å²) in [7, 11) is -1.22. The van der Waals surface area contributed by atoms with Crippen LogP contribution < -0.4 is 0 Å². The molecule has 2 unspecified atom stereocenters. The molecule has 132 valence electrons. The van der Waals surface area contributed by atoms with Crippen molar-refractivity contribution in [2.75, 3.05) is 0 Å². The van der Waals surface area contributed by atoms with Gasteiger partial charge in [0.15, 0.2) is 0 Å². The molecule has 5 nitrogen and oxygen atoms in total. The van der Waals surface area contributed by atoms with Gasteiger partial charge in [0.05, 0.1) is 22.4 Å². The zero-order valence-corrected chi connectivity index (χ0v) is 15.3. The Kier molecular flexibility index (Phi) is 4.41. The minimum atomic E-state index is -1.22. The number of rotatable bonds is 4. The maximum Gasteiger partial charge on any atom is 0.312 e. The lowest BCUT2D eigenvalue weighted by Gasteiger charge is -2.18. The minimum absolute atomic E-state index is 0.176. The SMILES string of the molecule is CC(C)(C)S(=O)c1cccc(C(=O)c2ccc3n2CCC3C(=O)O)c1. The third-order valence-electron chi connectivity index (χ3n) is 4.41. The van der Waals surface area contributed by atoms with Gasteiger partial charge in [0, 0.05) is 27.4 Å². The second-order valence-corrected chi connectivity index (χ2v) is 9.45. The van der Waals surface area contributed by atoms with Crippen LogP contribution in [0.1, 0.15) is 54.9 Å². The molecule has 6 heteroatoms. The average Bonchev–Trinajstić information content (AvgIpc) is 3.14. The fourth-order valence-corrected chi connectivity index (χ4v) is 4.29. The lowest BCUT2D eigenvalue weighted by atomic mass is 10.1. The third kappa shape index (κ3) is 3.18. The molecule has 3 rings (SSSR count). The van der Waals surface area contributed by atoms with Crippen molar-refractivity contribution < 1.29 is 18.9 Å². The van der Waals surface area contributed by atoms with Crippen LogP contribution in [0.3, 0.4) is 0 Å². The van der Waals surface area contributed by atoms with Gasteiger partial charge < -0.3 is 9.67 Å². The number of hydrogen-bond donors (Lipinski definition) is 1. The minimum Gasteiger partial charge on any atom is -0.481 e. The summed E-state index contributed by atoms with van der Waals surface area (Å²) in [6, 6.07) is 10.3. The number of fused-ring (bicyclic) bond motifs is 1. The Hall–Kier alpha value is -2.21. The Labute approximate surface area is 149 Å². The number of carbonyl (C=O) groups is 2. The molecule has 0 aliphatic carbocycles. The summed E-state index contributed by atoms with van der Waals surface area (Å²) in [5.74, 6) is -1.59.